The molecule has 0 aliphatic carbocycles. The van der Waals surface area contributed by atoms with Crippen LogP contribution in [0.5, 0.6) is 0 Å². The topological polar surface area (TPSA) is 49.0 Å². The van der Waals surface area contributed by atoms with Crippen molar-refractivity contribution in [2.45, 2.75) is 25.3 Å². The Bertz CT molecular complexity index is 793. The molecule has 2 aromatic heterocycles. The maximum Gasteiger partial charge on any atom is 0.229 e. The Balaban J connectivity index is 1.57. The summed E-state index contributed by atoms with van der Waals surface area (Å²) in [6.45, 7) is 0.853. The molecule has 1 aromatic carbocycles. The molecule has 3 heterocycles. The van der Waals surface area contributed by atoms with Crippen molar-refractivity contribution in [3.63, 3.8) is 0 Å². The van der Waals surface area contributed by atoms with Gasteiger partial charge in [0.25, 0.3) is 0 Å². The second-order valence-corrected chi connectivity index (χ2v) is 6.48. The van der Waals surface area contributed by atoms with Crippen LogP contribution in [0, 0.1) is 0 Å². The normalized spacial score (nSPS) is 18.2. The first kappa shape index (κ1) is 13.5. The van der Waals surface area contributed by atoms with E-state index in [1.54, 1.807) is 11.3 Å². The maximum atomic E-state index is 12.7. The number of benzene rings is 1. The Morgan fingerprint density at radius 1 is 1.36 bits per heavy atom. The van der Waals surface area contributed by atoms with E-state index in [9.17, 15) is 4.79 Å². The molecular weight excluding hydrogens is 294 g/mol. The van der Waals surface area contributed by atoms with E-state index in [4.69, 9.17) is 0 Å². The number of fused-ring (bicyclic) bond motifs is 1. The molecule has 1 amide bonds. The van der Waals surface area contributed by atoms with Gasteiger partial charge in [0.05, 0.1) is 23.7 Å². The Kier molecular flexibility index (Phi) is 3.42. The molecular formula is C17H17N3OS. The summed E-state index contributed by atoms with van der Waals surface area (Å²) in [5, 5.41) is 12.6. The van der Waals surface area contributed by atoms with Crippen molar-refractivity contribution >= 4 is 28.1 Å². The molecule has 4 nitrogen and oxygen atoms in total. The van der Waals surface area contributed by atoms with Gasteiger partial charge in [-0.3, -0.25) is 9.89 Å². The number of nitrogens with zero attached hydrogens (tertiary/aromatic N) is 2. The van der Waals surface area contributed by atoms with Gasteiger partial charge in [-0.15, -0.1) is 0 Å². The third-order valence-corrected chi connectivity index (χ3v) is 5.07. The van der Waals surface area contributed by atoms with E-state index >= 15 is 0 Å². The minimum Gasteiger partial charge on any atom is -0.335 e. The highest BCUT2D eigenvalue weighted by molar-refractivity contribution is 7.07. The fourth-order valence-corrected chi connectivity index (χ4v) is 3.99. The molecule has 5 heteroatoms. The highest BCUT2D eigenvalue weighted by Gasteiger charge is 2.30. The second-order valence-electron chi connectivity index (χ2n) is 5.70. The molecule has 0 saturated carbocycles. The van der Waals surface area contributed by atoms with Crippen LogP contribution in [-0.4, -0.2) is 27.5 Å². The van der Waals surface area contributed by atoms with Crippen LogP contribution in [0.15, 0.2) is 41.1 Å². The SMILES string of the molecule is O=C(Cc1[nH]nc2ccccc12)N1CCC[C@@H]1c1ccsc1. The quantitative estimate of drug-likeness (QED) is 0.804. The zero-order valence-electron chi connectivity index (χ0n) is 12.2. The van der Waals surface area contributed by atoms with E-state index in [0.717, 1.165) is 36.0 Å². The maximum absolute atomic E-state index is 12.7. The van der Waals surface area contributed by atoms with Gasteiger partial charge >= 0.3 is 0 Å². The zero-order valence-corrected chi connectivity index (χ0v) is 13.0. The number of aromatic amines is 1. The van der Waals surface area contributed by atoms with E-state index in [2.05, 4.69) is 27.0 Å². The number of carbonyl (C=O) groups is 1. The van der Waals surface area contributed by atoms with Crippen LogP contribution in [0.3, 0.4) is 0 Å². The highest BCUT2D eigenvalue weighted by Crippen LogP contribution is 2.33. The summed E-state index contributed by atoms with van der Waals surface area (Å²) in [6, 6.07) is 10.3. The Morgan fingerprint density at radius 3 is 3.14 bits per heavy atom. The van der Waals surface area contributed by atoms with Gasteiger partial charge in [-0.1, -0.05) is 18.2 Å². The molecule has 3 aromatic rings. The predicted octanol–water partition coefficient (Wildman–Crippen LogP) is 3.53. The summed E-state index contributed by atoms with van der Waals surface area (Å²) in [6.07, 6.45) is 2.53. The van der Waals surface area contributed by atoms with E-state index in [0.29, 0.717) is 6.42 Å². The van der Waals surface area contributed by atoms with Crippen LogP contribution in [0.1, 0.15) is 30.1 Å². The Labute approximate surface area is 132 Å². The number of H-pyrrole nitrogens is 1. The van der Waals surface area contributed by atoms with Crippen LogP contribution >= 0.6 is 11.3 Å². The molecule has 22 heavy (non-hydrogen) atoms. The molecule has 0 spiro atoms. The first-order chi connectivity index (χ1) is 10.8. The van der Waals surface area contributed by atoms with Gasteiger partial charge in [-0.2, -0.15) is 16.4 Å². The van der Waals surface area contributed by atoms with Crippen LogP contribution in [0.25, 0.3) is 10.9 Å². The number of rotatable bonds is 3. The van der Waals surface area contributed by atoms with Crippen molar-refractivity contribution in [3.8, 4) is 0 Å². The average molecular weight is 311 g/mol. The number of hydrogen-bond donors (Lipinski definition) is 1. The predicted molar refractivity (Wildman–Crippen MR) is 87.8 cm³/mol. The number of nitrogens with one attached hydrogen (secondary N) is 1. The first-order valence-electron chi connectivity index (χ1n) is 7.56. The molecule has 1 aliphatic rings. The van der Waals surface area contributed by atoms with Crippen molar-refractivity contribution in [1.82, 2.24) is 15.1 Å². The van der Waals surface area contributed by atoms with E-state index < -0.39 is 0 Å². The number of thiophene rings is 1. The molecule has 1 aliphatic heterocycles. The molecule has 112 valence electrons. The second kappa shape index (κ2) is 5.57. The van der Waals surface area contributed by atoms with Crippen LogP contribution in [-0.2, 0) is 11.2 Å². The molecule has 1 fully saturated rings. The fraction of sp³-hybridized carbons (Fsp3) is 0.294. The lowest BCUT2D eigenvalue weighted by Gasteiger charge is -2.24. The van der Waals surface area contributed by atoms with Gasteiger partial charge in [0, 0.05) is 11.9 Å². The summed E-state index contributed by atoms with van der Waals surface area (Å²) in [5.74, 6) is 0.183. The summed E-state index contributed by atoms with van der Waals surface area (Å²) in [4.78, 5) is 14.8. The van der Waals surface area contributed by atoms with Gasteiger partial charge in [0.2, 0.25) is 5.91 Å². The van der Waals surface area contributed by atoms with Crippen LogP contribution in [0.2, 0.25) is 0 Å². The van der Waals surface area contributed by atoms with Crippen molar-refractivity contribution in [3.05, 3.63) is 52.3 Å². The minimum atomic E-state index is 0.183. The van der Waals surface area contributed by atoms with Gasteiger partial charge in [0.1, 0.15) is 0 Å². The molecule has 1 saturated heterocycles. The zero-order chi connectivity index (χ0) is 14.9. The lowest BCUT2D eigenvalue weighted by Crippen LogP contribution is -2.31. The third kappa shape index (κ3) is 2.31. The molecule has 0 radical (unpaired) electrons. The number of carbonyl (C=O) groups excluding carboxylic acids is 1. The Morgan fingerprint density at radius 2 is 2.27 bits per heavy atom. The summed E-state index contributed by atoms with van der Waals surface area (Å²) in [5.41, 5.74) is 3.10. The fourth-order valence-electron chi connectivity index (χ4n) is 3.28. The molecule has 0 unspecified atom stereocenters. The molecule has 4 rings (SSSR count). The summed E-state index contributed by atoms with van der Waals surface area (Å²) >= 11 is 1.69. The number of amides is 1. The summed E-state index contributed by atoms with van der Waals surface area (Å²) in [7, 11) is 0. The van der Waals surface area contributed by atoms with E-state index in [-0.39, 0.29) is 11.9 Å². The smallest absolute Gasteiger partial charge is 0.229 e. The lowest BCUT2D eigenvalue weighted by atomic mass is 10.1. The van der Waals surface area contributed by atoms with Crippen LogP contribution < -0.4 is 0 Å². The standard InChI is InChI=1S/C17H17N3OS/c21-17(10-15-13-4-1-2-5-14(13)18-19-15)20-8-3-6-16(20)12-7-9-22-11-12/h1-2,4-5,7,9,11,16H,3,6,8,10H2,(H,18,19)/t16-/m1/s1. The van der Waals surface area contributed by atoms with E-state index in [1.165, 1.54) is 5.56 Å². The monoisotopic (exact) mass is 311 g/mol. The van der Waals surface area contributed by atoms with Crippen molar-refractivity contribution < 1.29 is 4.79 Å². The molecule has 1 N–H and O–H groups in total. The van der Waals surface area contributed by atoms with Crippen LogP contribution in [0.4, 0.5) is 0 Å². The number of para-hydroxylation sites is 1. The van der Waals surface area contributed by atoms with Gasteiger partial charge in [0.15, 0.2) is 0 Å². The number of hydrogen-bond acceptors (Lipinski definition) is 3. The third-order valence-electron chi connectivity index (χ3n) is 4.37. The number of likely N-dealkylation sites (tertiary alicyclic amines) is 1. The first-order valence-corrected chi connectivity index (χ1v) is 8.51. The van der Waals surface area contributed by atoms with Crippen molar-refractivity contribution in [1.29, 1.82) is 0 Å². The largest absolute Gasteiger partial charge is 0.335 e. The number of aromatic nitrogens is 2. The van der Waals surface area contributed by atoms with Crippen molar-refractivity contribution in [2.24, 2.45) is 0 Å². The average Bonchev–Trinajstić information content (AvgIpc) is 3.27. The van der Waals surface area contributed by atoms with Gasteiger partial charge < -0.3 is 4.90 Å². The lowest BCUT2D eigenvalue weighted by molar-refractivity contribution is -0.131. The van der Waals surface area contributed by atoms with Gasteiger partial charge in [-0.05, 0) is 41.3 Å². The minimum absolute atomic E-state index is 0.183. The van der Waals surface area contributed by atoms with Gasteiger partial charge in [-0.25, -0.2) is 0 Å². The summed E-state index contributed by atoms with van der Waals surface area (Å²) < 4.78 is 0. The molecule has 1 atom stereocenters. The Hall–Kier alpha value is -2.14. The van der Waals surface area contributed by atoms with E-state index in [1.807, 2.05) is 29.2 Å². The highest BCUT2D eigenvalue weighted by atomic mass is 32.1. The van der Waals surface area contributed by atoms with Crippen molar-refractivity contribution in [2.75, 3.05) is 6.54 Å². The molecule has 0 bridgehead atoms.